The fraction of sp³-hybridized carbons (Fsp3) is 0.529. The Hall–Kier alpha value is -1.80. The summed E-state index contributed by atoms with van der Waals surface area (Å²) in [4.78, 5) is 23.4. The summed E-state index contributed by atoms with van der Waals surface area (Å²) in [7, 11) is -2.03. The molecule has 1 aromatic carbocycles. The Morgan fingerprint density at radius 2 is 1.72 bits per heavy atom. The van der Waals surface area contributed by atoms with Crippen molar-refractivity contribution < 1.29 is 27.9 Å². The number of carbonyl (C=O) groups excluding carboxylic acids is 1. The van der Waals surface area contributed by atoms with Crippen LogP contribution in [0, 0.1) is 11.6 Å². The molecule has 8 heteroatoms. The summed E-state index contributed by atoms with van der Waals surface area (Å²) in [5.41, 5.74) is -0.269. The molecule has 0 spiro atoms. The average Bonchev–Trinajstić information content (AvgIpc) is 2.43. The summed E-state index contributed by atoms with van der Waals surface area (Å²) >= 11 is 0. The Bertz CT molecular complexity index is 624. The molecule has 0 bridgehead atoms. The monoisotopic (exact) mass is 373 g/mol. The van der Waals surface area contributed by atoms with Crippen molar-refractivity contribution in [2.45, 2.75) is 51.4 Å². The van der Waals surface area contributed by atoms with Gasteiger partial charge in [-0.05, 0) is 30.3 Å². The van der Waals surface area contributed by atoms with Crippen LogP contribution in [0.1, 0.15) is 37.6 Å². The maximum atomic E-state index is 13.2. The highest BCUT2D eigenvalue weighted by Crippen LogP contribution is 2.36. The fourth-order valence-corrected chi connectivity index (χ4v) is 2.89. The van der Waals surface area contributed by atoms with Gasteiger partial charge < -0.3 is 14.8 Å². The number of aliphatic carboxylic acids is 1. The van der Waals surface area contributed by atoms with E-state index in [1.165, 1.54) is 0 Å². The molecule has 0 heterocycles. The molecule has 5 nitrogen and oxygen atoms in total. The molecule has 1 rings (SSSR count). The molecule has 1 atom stereocenters. The van der Waals surface area contributed by atoms with Crippen molar-refractivity contribution in [1.82, 2.24) is 5.32 Å². The van der Waals surface area contributed by atoms with E-state index in [-0.39, 0.29) is 23.6 Å². The van der Waals surface area contributed by atoms with E-state index in [4.69, 9.17) is 4.43 Å². The Kier molecular flexibility index (Phi) is 6.84. The molecule has 25 heavy (non-hydrogen) atoms. The first-order valence-electron chi connectivity index (χ1n) is 7.97. The van der Waals surface area contributed by atoms with Gasteiger partial charge in [-0.25, -0.2) is 13.6 Å². The van der Waals surface area contributed by atoms with Crippen LogP contribution in [0.2, 0.25) is 18.1 Å². The largest absolute Gasteiger partial charge is 0.480 e. The molecule has 0 aliphatic rings. The Balaban J connectivity index is 2.72. The lowest BCUT2D eigenvalue weighted by molar-refractivity contribution is -0.139. The van der Waals surface area contributed by atoms with Gasteiger partial charge in [0.25, 0.3) is 5.91 Å². The number of benzene rings is 1. The van der Waals surface area contributed by atoms with Crippen LogP contribution in [0.3, 0.4) is 0 Å². The van der Waals surface area contributed by atoms with Crippen molar-refractivity contribution in [2.75, 3.05) is 6.61 Å². The van der Waals surface area contributed by atoms with Crippen LogP contribution < -0.4 is 5.32 Å². The molecule has 1 amide bonds. The zero-order chi connectivity index (χ0) is 19.4. The van der Waals surface area contributed by atoms with Crippen molar-refractivity contribution in [3.63, 3.8) is 0 Å². The van der Waals surface area contributed by atoms with Crippen LogP contribution in [0.15, 0.2) is 18.2 Å². The van der Waals surface area contributed by atoms with Gasteiger partial charge in [0.1, 0.15) is 17.7 Å². The van der Waals surface area contributed by atoms with Crippen LogP contribution >= 0.6 is 0 Å². The first-order valence-corrected chi connectivity index (χ1v) is 10.9. The molecule has 0 saturated carbocycles. The van der Waals surface area contributed by atoms with Crippen LogP contribution in [0.4, 0.5) is 8.78 Å². The second-order valence-corrected chi connectivity index (χ2v) is 12.2. The summed E-state index contributed by atoms with van der Waals surface area (Å²) < 4.78 is 32.3. The topological polar surface area (TPSA) is 75.6 Å². The van der Waals surface area contributed by atoms with Gasteiger partial charge in [-0.3, -0.25) is 4.79 Å². The van der Waals surface area contributed by atoms with E-state index >= 15 is 0 Å². The van der Waals surface area contributed by atoms with Crippen LogP contribution in [0.5, 0.6) is 0 Å². The molecule has 140 valence electrons. The normalized spacial score (nSPS) is 13.4. The zero-order valence-corrected chi connectivity index (χ0v) is 16.2. The van der Waals surface area contributed by atoms with Crippen molar-refractivity contribution >= 4 is 20.2 Å². The van der Waals surface area contributed by atoms with Gasteiger partial charge in [0.05, 0.1) is 0 Å². The van der Waals surface area contributed by atoms with E-state index in [1.54, 1.807) is 0 Å². The lowest BCUT2D eigenvalue weighted by Crippen LogP contribution is -2.44. The maximum absolute atomic E-state index is 13.2. The summed E-state index contributed by atoms with van der Waals surface area (Å²) in [6, 6.07) is 1.13. The molecule has 0 aliphatic heterocycles. The highest BCUT2D eigenvalue weighted by Gasteiger charge is 2.37. The molecule has 0 radical (unpaired) electrons. The minimum atomic E-state index is -2.03. The van der Waals surface area contributed by atoms with Crippen molar-refractivity contribution in [3.05, 3.63) is 35.4 Å². The van der Waals surface area contributed by atoms with E-state index in [2.05, 4.69) is 26.1 Å². The fourth-order valence-electron chi connectivity index (χ4n) is 1.83. The number of hydrogen-bond acceptors (Lipinski definition) is 3. The van der Waals surface area contributed by atoms with Gasteiger partial charge in [0.2, 0.25) is 0 Å². The van der Waals surface area contributed by atoms with E-state index in [9.17, 15) is 23.5 Å². The first-order chi connectivity index (χ1) is 11.3. The number of carbonyl (C=O) groups is 2. The van der Waals surface area contributed by atoms with Crippen LogP contribution in [-0.4, -0.2) is 37.9 Å². The Labute approximate surface area is 147 Å². The van der Waals surface area contributed by atoms with Gasteiger partial charge in [0.15, 0.2) is 8.32 Å². The highest BCUT2D eigenvalue weighted by atomic mass is 28.4. The predicted molar refractivity (Wildman–Crippen MR) is 93.0 cm³/mol. The third kappa shape index (κ3) is 6.21. The Morgan fingerprint density at radius 1 is 1.20 bits per heavy atom. The van der Waals surface area contributed by atoms with E-state index < -0.39 is 37.9 Å². The number of carboxylic acid groups (broad SMARTS) is 1. The van der Waals surface area contributed by atoms with Gasteiger partial charge in [-0.15, -0.1) is 0 Å². The molecule has 0 aliphatic carbocycles. The quantitative estimate of drug-likeness (QED) is 0.717. The molecular weight excluding hydrogens is 348 g/mol. The first kappa shape index (κ1) is 21.2. The summed E-state index contributed by atoms with van der Waals surface area (Å²) in [5.74, 6) is -3.89. The second-order valence-electron chi connectivity index (χ2n) is 7.42. The van der Waals surface area contributed by atoms with Crippen molar-refractivity contribution in [3.8, 4) is 0 Å². The molecule has 0 fully saturated rings. The minimum Gasteiger partial charge on any atom is -0.480 e. The van der Waals surface area contributed by atoms with Crippen LogP contribution in [0.25, 0.3) is 0 Å². The highest BCUT2D eigenvalue weighted by molar-refractivity contribution is 6.74. The SMILES string of the molecule is CC(C)(C)[Si](C)(C)OCC[C@@H](NC(=O)c1cc(F)cc(F)c1)C(=O)O. The van der Waals surface area contributed by atoms with Crippen molar-refractivity contribution in [2.24, 2.45) is 0 Å². The molecule has 0 saturated heterocycles. The standard InChI is InChI=1S/C17H25F2NO4Si/c1-17(2,3)25(4,5)24-7-6-14(16(22)23)20-15(21)11-8-12(18)10-13(19)9-11/h8-10,14H,6-7H2,1-5H3,(H,20,21)(H,22,23)/t14-/m1/s1. The van der Waals surface area contributed by atoms with Gasteiger partial charge in [0, 0.05) is 24.7 Å². The van der Waals surface area contributed by atoms with Gasteiger partial charge in [-0.1, -0.05) is 20.8 Å². The average molecular weight is 373 g/mol. The number of rotatable bonds is 7. The summed E-state index contributed by atoms with van der Waals surface area (Å²) in [6.45, 7) is 10.4. The number of halogens is 2. The maximum Gasteiger partial charge on any atom is 0.326 e. The lowest BCUT2D eigenvalue weighted by atomic mass is 10.1. The van der Waals surface area contributed by atoms with Crippen LogP contribution in [-0.2, 0) is 9.22 Å². The van der Waals surface area contributed by atoms with E-state index in [0.717, 1.165) is 12.1 Å². The molecule has 2 N–H and O–H groups in total. The third-order valence-corrected chi connectivity index (χ3v) is 8.94. The Morgan fingerprint density at radius 3 is 2.16 bits per heavy atom. The molecule has 0 aromatic heterocycles. The molecule has 1 aromatic rings. The van der Waals surface area contributed by atoms with E-state index in [0.29, 0.717) is 6.07 Å². The predicted octanol–water partition coefficient (Wildman–Crippen LogP) is 3.56. The van der Waals surface area contributed by atoms with Crippen molar-refractivity contribution in [1.29, 1.82) is 0 Å². The number of amides is 1. The molecular formula is C17H25F2NO4Si. The molecule has 0 unspecified atom stereocenters. The third-order valence-electron chi connectivity index (χ3n) is 4.40. The number of nitrogens with one attached hydrogen (secondary N) is 1. The lowest BCUT2D eigenvalue weighted by Gasteiger charge is -2.36. The number of carboxylic acids is 1. The second kappa shape index (κ2) is 8.05. The number of hydrogen-bond donors (Lipinski definition) is 2. The van der Waals surface area contributed by atoms with Gasteiger partial charge >= 0.3 is 5.97 Å². The van der Waals surface area contributed by atoms with E-state index in [1.807, 2.05) is 13.1 Å². The summed E-state index contributed by atoms with van der Waals surface area (Å²) in [6.07, 6.45) is 0.0609. The minimum absolute atomic E-state index is 0.0198. The van der Waals surface area contributed by atoms with Gasteiger partial charge in [-0.2, -0.15) is 0 Å². The zero-order valence-electron chi connectivity index (χ0n) is 15.2. The smallest absolute Gasteiger partial charge is 0.326 e. The summed E-state index contributed by atoms with van der Waals surface area (Å²) in [5, 5.41) is 11.5.